The molecule has 1 aliphatic heterocycles. The third-order valence-corrected chi connectivity index (χ3v) is 14.8. The second-order valence-corrected chi connectivity index (χ2v) is 17.6. The van der Waals surface area contributed by atoms with Crippen LogP contribution in [0.4, 0.5) is 17.1 Å². The predicted molar refractivity (Wildman–Crippen MR) is 238 cm³/mol. The summed E-state index contributed by atoms with van der Waals surface area (Å²) in [6, 6.07) is 75.1. The highest BCUT2D eigenvalue weighted by Crippen LogP contribution is 2.64. The molecule has 9 aromatic rings. The van der Waals surface area contributed by atoms with Crippen LogP contribution in [0.5, 0.6) is 0 Å². The second kappa shape index (κ2) is 13.5. The summed E-state index contributed by atoms with van der Waals surface area (Å²) in [6.07, 6.45) is 0. The van der Waals surface area contributed by atoms with Crippen molar-refractivity contribution in [3.05, 3.63) is 241 Å². The second-order valence-electron chi connectivity index (χ2n) is 14.8. The zero-order valence-electron chi connectivity index (χ0n) is 31.5. The molecule has 8 aromatic carbocycles. The molecule has 1 spiro atoms. The number of para-hydroxylation sites is 3. The van der Waals surface area contributed by atoms with Gasteiger partial charge >= 0.3 is 0 Å². The van der Waals surface area contributed by atoms with Crippen LogP contribution in [0.2, 0.25) is 0 Å². The number of benzene rings is 8. The Morgan fingerprint density at radius 1 is 0.414 bits per heavy atom. The number of aromatic nitrogens is 2. The fourth-order valence-electron chi connectivity index (χ4n) is 9.27. The molecular weight excluding hydrogens is 726 g/mol. The first kappa shape index (κ1) is 34.1. The Labute approximate surface area is 338 Å². The summed E-state index contributed by atoms with van der Waals surface area (Å²) in [7, 11) is -3.18. The van der Waals surface area contributed by atoms with Gasteiger partial charge in [0.05, 0.1) is 28.2 Å². The van der Waals surface area contributed by atoms with Gasteiger partial charge in [-0.2, -0.15) is 0 Å². The van der Waals surface area contributed by atoms with E-state index >= 15 is 4.57 Å². The van der Waals surface area contributed by atoms with E-state index in [4.69, 9.17) is 9.97 Å². The van der Waals surface area contributed by atoms with Gasteiger partial charge in [-0.05, 0) is 46.5 Å². The van der Waals surface area contributed by atoms with Crippen LogP contribution in [-0.2, 0) is 9.98 Å². The lowest BCUT2D eigenvalue weighted by molar-refractivity contribution is 0.592. The van der Waals surface area contributed by atoms with E-state index in [0.717, 1.165) is 77.7 Å². The Kier molecular flexibility index (Phi) is 7.96. The van der Waals surface area contributed by atoms with Crippen LogP contribution < -0.4 is 20.8 Å². The minimum atomic E-state index is -3.18. The van der Waals surface area contributed by atoms with Gasteiger partial charge in [0.1, 0.15) is 0 Å². The molecule has 2 aliphatic rings. The summed E-state index contributed by atoms with van der Waals surface area (Å²) in [5, 5.41) is 2.36. The molecule has 274 valence electrons. The van der Waals surface area contributed by atoms with Crippen LogP contribution in [0.25, 0.3) is 33.8 Å². The molecule has 4 nitrogen and oxygen atoms in total. The molecule has 11 rings (SSSR count). The largest absolute Gasteiger partial charge is 0.310 e. The van der Waals surface area contributed by atoms with Crippen molar-refractivity contribution in [3.63, 3.8) is 0 Å². The van der Waals surface area contributed by atoms with E-state index in [1.807, 2.05) is 91.0 Å². The smallest absolute Gasteiger partial charge is 0.171 e. The van der Waals surface area contributed by atoms with Crippen molar-refractivity contribution in [2.75, 3.05) is 4.90 Å². The lowest BCUT2D eigenvalue weighted by atomic mass is 9.66. The molecule has 0 saturated heterocycles. The number of hydrogen-bond acceptors (Lipinski definition) is 4. The van der Waals surface area contributed by atoms with Crippen molar-refractivity contribution in [2.24, 2.45) is 0 Å². The minimum Gasteiger partial charge on any atom is -0.310 e. The number of rotatable bonds is 6. The maximum Gasteiger partial charge on any atom is 0.171 e. The average Bonchev–Trinajstić information content (AvgIpc) is 3.60. The summed E-state index contributed by atoms with van der Waals surface area (Å²) < 4.78 is 15.3. The summed E-state index contributed by atoms with van der Waals surface area (Å²) in [6.45, 7) is 0. The predicted octanol–water partition coefficient (Wildman–Crippen LogP) is 11.6. The maximum atomic E-state index is 15.3. The van der Waals surface area contributed by atoms with Crippen molar-refractivity contribution in [1.82, 2.24) is 9.97 Å². The van der Waals surface area contributed by atoms with E-state index in [1.54, 1.807) is 0 Å². The highest BCUT2D eigenvalue weighted by atomic mass is 31.2. The number of nitrogens with zero attached hydrogens (tertiary/aromatic N) is 3. The third kappa shape index (κ3) is 4.99. The van der Waals surface area contributed by atoms with Crippen LogP contribution in [0.1, 0.15) is 22.4 Å². The van der Waals surface area contributed by atoms with Crippen molar-refractivity contribution < 1.29 is 4.57 Å². The molecule has 0 radical (unpaired) electrons. The average molecular weight is 762 g/mol. The Morgan fingerprint density at radius 3 is 1.47 bits per heavy atom. The molecule has 0 amide bonds. The molecule has 58 heavy (non-hydrogen) atoms. The highest BCUT2D eigenvalue weighted by molar-refractivity contribution is 7.85. The molecule has 0 N–H and O–H groups in total. The molecule has 0 saturated carbocycles. The molecule has 0 fully saturated rings. The van der Waals surface area contributed by atoms with Gasteiger partial charge in [-0.1, -0.05) is 194 Å². The lowest BCUT2D eigenvalue weighted by Crippen LogP contribution is -2.37. The first-order valence-electron chi connectivity index (χ1n) is 19.6. The quantitative estimate of drug-likeness (QED) is 0.158. The normalized spacial score (nSPS) is 13.3. The summed E-state index contributed by atoms with van der Waals surface area (Å²) in [5.74, 6) is 0.617. The molecule has 0 unspecified atom stereocenters. The van der Waals surface area contributed by atoms with Crippen molar-refractivity contribution in [3.8, 4) is 33.8 Å². The standard InChI is InChI=1S/C53H36N3OP/c57-58(40-23-9-3-10-24-40,41-25-11-4-12-26-41)42-35-33-38(34-36-42)52-54-50(37-19-5-1-6-20-37)49-43-27-13-14-28-44(43)53(51(49)55-52)45-29-15-17-31-47(45)56(39-21-7-2-8-22-39)48-32-18-16-30-46(48)53/h1-36H. The Bertz CT molecular complexity index is 2930. The van der Waals surface area contributed by atoms with Gasteiger partial charge in [-0.3, -0.25) is 0 Å². The first-order valence-corrected chi connectivity index (χ1v) is 21.3. The van der Waals surface area contributed by atoms with E-state index in [-0.39, 0.29) is 0 Å². The van der Waals surface area contributed by atoms with E-state index in [1.165, 1.54) is 5.56 Å². The number of hydrogen-bond donors (Lipinski definition) is 0. The molecule has 0 atom stereocenters. The minimum absolute atomic E-state index is 0.617. The van der Waals surface area contributed by atoms with Crippen LogP contribution in [0.3, 0.4) is 0 Å². The Morgan fingerprint density at radius 2 is 0.879 bits per heavy atom. The molecule has 1 aromatic heterocycles. The van der Waals surface area contributed by atoms with Crippen LogP contribution in [-0.4, -0.2) is 9.97 Å². The van der Waals surface area contributed by atoms with Crippen molar-refractivity contribution >= 4 is 40.1 Å². The number of fused-ring (bicyclic) bond motifs is 9. The summed E-state index contributed by atoms with van der Waals surface area (Å²) >= 11 is 0. The van der Waals surface area contributed by atoms with Gasteiger partial charge in [0.25, 0.3) is 0 Å². The lowest BCUT2D eigenvalue weighted by Gasteiger charge is -2.44. The van der Waals surface area contributed by atoms with Gasteiger partial charge in [0.2, 0.25) is 0 Å². The van der Waals surface area contributed by atoms with Gasteiger partial charge in [-0.15, -0.1) is 0 Å². The van der Waals surface area contributed by atoms with Gasteiger partial charge in [-0.25, -0.2) is 9.97 Å². The Balaban J connectivity index is 1.18. The monoisotopic (exact) mass is 761 g/mol. The first-order chi connectivity index (χ1) is 28.7. The van der Waals surface area contributed by atoms with Gasteiger partial charge < -0.3 is 9.46 Å². The van der Waals surface area contributed by atoms with E-state index in [0.29, 0.717) is 5.82 Å². The van der Waals surface area contributed by atoms with Crippen molar-refractivity contribution in [2.45, 2.75) is 5.41 Å². The fraction of sp³-hybridized carbons (Fsp3) is 0.0189. The zero-order valence-corrected chi connectivity index (χ0v) is 32.4. The van der Waals surface area contributed by atoms with Crippen LogP contribution in [0.15, 0.2) is 218 Å². The molecule has 0 bridgehead atoms. The van der Waals surface area contributed by atoms with Crippen molar-refractivity contribution in [1.29, 1.82) is 0 Å². The van der Waals surface area contributed by atoms with E-state index in [2.05, 4.69) is 132 Å². The number of anilines is 3. The van der Waals surface area contributed by atoms with E-state index in [9.17, 15) is 0 Å². The summed E-state index contributed by atoms with van der Waals surface area (Å²) in [4.78, 5) is 13.5. The third-order valence-electron chi connectivity index (χ3n) is 11.8. The zero-order chi connectivity index (χ0) is 38.7. The Hall–Kier alpha value is -7.13. The van der Waals surface area contributed by atoms with Crippen LogP contribution >= 0.6 is 7.14 Å². The molecule has 1 aliphatic carbocycles. The van der Waals surface area contributed by atoms with Crippen LogP contribution in [0, 0.1) is 0 Å². The molecular formula is C53H36N3OP. The highest BCUT2D eigenvalue weighted by Gasteiger charge is 2.54. The van der Waals surface area contributed by atoms with Gasteiger partial charge in [0.15, 0.2) is 13.0 Å². The summed E-state index contributed by atoms with van der Waals surface area (Å²) in [5.41, 5.74) is 12.0. The molecule has 2 heterocycles. The van der Waals surface area contributed by atoms with Gasteiger partial charge in [0, 0.05) is 38.3 Å². The molecule has 5 heteroatoms. The SMILES string of the molecule is O=P(c1ccccc1)(c1ccccc1)c1ccc(-c2nc(-c3ccccc3)c3c(n2)C2(c4ccccc4-3)c3ccccc3N(c3ccccc3)c3ccccc32)cc1. The fourth-order valence-corrected chi connectivity index (χ4v) is 11.9. The topological polar surface area (TPSA) is 46.1 Å². The maximum absolute atomic E-state index is 15.3. The van der Waals surface area contributed by atoms with E-state index < -0.39 is 12.6 Å².